The van der Waals surface area contributed by atoms with E-state index in [2.05, 4.69) is 20.8 Å². The standard InChI is InChI=1S/C48H86O4/c1-5-9-11-13-15-17-19-21-23-25-27-29-31-33-35-37-41-51-47(49)45-40-39-43(7-3)44(8-4)46(45)48(50)52-42-38-36-34-32-30-28-26-24-22-20-18-16-14-12-10-6-2/h39-40H,5-38,41-42H2,1-4H3. The average molecular weight is 727 g/mol. The fraction of sp³-hybridized carbons (Fsp3) is 0.833. The first kappa shape index (κ1) is 48.2. The summed E-state index contributed by atoms with van der Waals surface area (Å²) in [6.45, 7) is 9.52. The van der Waals surface area contributed by atoms with E-state index < -0.39 is 5.97 Å². The minimum absolute atomic E-state index is 0.363. The monoisotopic (exact) mass is 727 g/mol. The van der Waals surface area contributed by atoms with E-state index in [9.17, 15) is 9.59 Å². The van der Waals surface area contributed by atoms with Gasteiger partial charge in [0, 0.05) is 0 Å². The van der Waals surface area contributed by atoms with Crippen molar-refractivity contribution in [3.8, 4) is 0 Å². The second-order valence-corrected chi connectivity index (χ2v) is 15.7. The van der Waals surface area contributed by atoms with Crippen molar-refractivity contribution in [2.24, 2.45) is 0 Å². The lowest BCUT2D eigenvalue weighted by atomic mass is 9.92. The van der Waals surface area contributed by atoms with Gasteiger partial charge in [-0.3, -0.25) is 0 Å². The van der Waals surface area contributed by atoms with E-state index in [0.717, 1.165) is 43.2 Å². The molecular weight excluding hydrogens is 641 g/mol. The van der Waals surface area contributed by atoms with Crippen molar-refractivity contribution < 1.29 is 19.1 Å². The summed E-state index contributed by atoms with van der Waals surface area (Å²) in [5.74, 6) is -0.768. The molecule has 302 valence electrons. The van der Waals surface area contributed by atoms with Crippen LogP contribution in [0.4, 0.5) is 0 Å². The SMILES string of the molecule is CCCCCCCCCCCCCCCCCCOC(=O)c1ccc(CC)c(CC)c1C(=O)OCCCCCCCCCCCCCCCCCC. The van der Waals surface area contributed by atoms with Gasteiger partial charge in [0.05, 0.1) is 24.3 Å². The number of benzene rings is 1. The molecule has 52 heavy (non-hydrogen) atoms. The topological polar surface area (TPSA) is 52.6 Å². The molecule has 0 saturated carbocycles. The molecule has 0 aliphatic carbocycles. The minimum Gasteiger partial charge on any atom is -0.462 e. The smallest absolute Gasteiger partial charge is 0.339 e. The number of ether oxygens (including phenoxy) is 2. The van der Waals surface area contributed by atoms with E-state index in [1.165, 1.54) is 180 Å². The van der Waals surface area contributed by atoms with Crippen molar-refractivity contribution in [2.45, 2.75) is 246 Å². The quantitative estimate of drug-likeness (QED) is 0.0503. The molecule has 1 rings (SSSR count). The molecule has 0 saturated heterocycles. The van der Waals surface area contributed by atoms with Gasteiger partial charge in [-0.05, 0) is 42.9 Å². The molecule has 1 aromatic carbocycles. The van der Waals surface area contributed by atoms with Gasteiger partial charge in [0.25, 0.3) is 0 Å². The van der Waals surface area contributed by atoms with Gasteiger partial charge < -0.3 is 9.47 Å². The van der Waals surface area contributed by atoms with Gasteiger partial charge in [0.2, 0.25) is 0 Å². The lowest BCUT2D eigenvalue weighted by Gasteiger charge is -2.16. The van der Waals surface area contributed by atoms with E-state index in [1.54, 1.807) is 6.07 Å². The molecule has 0 amide bonds. The third kappa shape index (κ3) is 25.2. The van der Waals surface area contributed by atoms with Crippen molar-refractivity contribution >= 4 is 11.9 Å². The van der Waals surface area contributed by atoms with Crippen molar-refractivity contribution in [3.05, 3.63) is 34.4 Å². The third-order valence-corrected chi connectivity index (χ3v) is 11.0. The van der Waals surface area contributed by atoms with Crippen LogP contribution in [0.3, 0.4) is 0 Å². The Morgan fingerprint density at radius 3 is 1.00 bits per heavy atom. The molecule has 0 radical (unpaired) electrons. The molecule has 0 unspecified atom stereocenters. The summed E-state index contributed by atoms with van der Waals surface area (Å²) in [6.07, 6.45) is 43.6. The van der Waals surface area contributed by atoms with Crippen LogP contribution < -0.4 is 0 Å². The number of carbonyl (C=O) groups is 2. The maximum atomic E-state index is 13.4. The highest BCUT2D eigenvalue weighted by atomic mass is 16.5. The first-order valence-electron chi connectivity index (χ1n) is 23.1. The fourth-order valence-electron chi connectivity index (χ4n) is 7.61. The minimum atomic E-state index is -0.396. The largest absolute Gasteiger partial charge is 0.462 e. The van der Waals surface area contributed by atoms with Gasteiger partial charge in [-0.1, -0.05) is 226 Å². The van der Waals surface area contributed by atoms with Gasteiger partial charge in [-0.2, -0.15) is 0 Å². The Hall–Kier alpha value is -1.84. The predicted molar refractivity (Wildman–Crippen MR) is 225 cm³/mol. The van der Waals surface area contributed by atoms with Crippen molar-refractivity contribution in [1.29, 1.82) is 0 Å². The van der Waals surface area contributed by atoms with Crippen LogP contribution in [0.1, 0.15) is 265 Å². The number of esters is 2. The fourth-order valence-corrected chi connectivity index (χ4v) is 7.61. The molecule has 0 aliphatic rings. The van der Waals surface area contributed by atoms with Crippen LogP contribution in [0.25, 0.3) is 0 Å². The number of hydrogen-bond acceptors (Lipinski definition) is 4. The zero-order chi connectivity index (χ0) is 37.7. The Kier molecular flexibility index (Phi) is 33.5. The molecule has 1 aromatic rings. The first-order chi connectivity index (χ1) is 25.6. The number of unbranched alkanes of at least 4 members (excludes halogenated alkanes) is 30. The molecule has 0 aliphatic heterocycles. The Balaban J connectivity index is 2.22. The van der Waals surface area contributed by atoms with Gasteiger partial charge in [-0.25, -0.2) is 9.59 Å². The predicted octanol–water partition coefficient (Wildman–Crippen LogP) is 15.6. The molecule has 0 atom stereocenters. The van der Waals surface area contributed by atoms with Crippen molar-refractivity contribution in [3.63, 3.8) is 0 Å². The maximum absolute atomic E-state index is 13.4. The second-order valence-electron chi connectivity index (χ2n) is 15.7. The summed E-state index contributed by atoms with van der Waals surface area (Å²) in [6, 6.07) is 3.76. The zero-order valence-electron chi connectivity index (χ0n) is 35.2. The molecular formula is C48H86O4. The summed E-state index contributed by atoms with van der Waals surface area (Å²) in [7, 11) is 0. The van der Waals surface area contributed by atoms with E-state index in [0.29, 0.717) is 30.8 Å². The third-order valence-electron chi connectivity index (χ3n) is 11.0. The maximum Gasteiger partial charge on any atom is 0.339 e. The van der Waals surface area contributed by atoms with Crippen LogP contribution in [0, 0.1) is 0 Å². The van der Waals surface area contributed by atoms with Crippen LogP contribution in [0.15, 0.2) is 12.1 Å². The Bertz CT molecular complexity index is 969. The molecule has 0 heterocycles. The summed E-state index contributed by atoms with van der Waals surface area (Å²) < 4.78 is 11.5. The summed E-state index contributed by atoms with van der Waals surface area (Å²) >= 11 is 0. The van der Waals surface area contributed by atoms with Crippen LogP contribution in [-0.4, -0.2) is 25.2 Å². The van der Waals surface area contributed by atoms with E-state index >= 15 is 0 Å². The molecule has 4 nitrogen and oxygen atoms in total. The van der Waals surface area contributed by atoms with Gasteiger partial charge in [0.15, 0.2) is 0 Å². The summed E-state index contributed by atoms with van der Waals surface area (Å²) in [4.78, 5) is 26.6. The first-order valence-corrected chi connectivity index (χ1v) is 23.1. The van der Waals surface area contributed by atoms with Gasteiger partial charge in [0.1, 0.15) is 0 Å². The highest BCUT2D eigenvalue weighted by Crippen LogP contribution is 2.24. The average Bonchev–Trinajstić information content (AvgIpc) is 3.16. The Morgan fingerprint density at radius 1 is 0.385 bits per heavy atom. The molecule has 0 spiro atoms. The van der Waals surface area contributed by atoms with E-state index in [4.69, 9.17) is 9.47 Å². The van der Waals surface area contributed by atoms with Crippen molar-refractivity contribution in [1.82, 2.24) is 0 Å². The van der Waals surface area contributed by atoms with Gasteiger partial charge >= 0.3 is 11.9 Å². The molecule has 0 N–H and O–H groups in total. The summed E-state index contributed by atoms with van der Waals surface area (Å²) in [5.41, 5.74) is 2.82. The highest BCUT2D eigenvalue weighted by molar-refractivity contribution is 6.04. The molecule has 0 bridgehead atoms. The van der Waals surface area contributed by atoms with Crippen LogP contribution >= 0.6 is 0 Å². The van der Waals surface area contributed by atoms with Crippen molar-refractivity contribution in [2.75, 3.05) is 13.2 Å². The number of rotatable bonds is 38. The van der Waals surface area contributed by atoms with Crippen LogP contribution in [-0.2, 0) is 22.3 Å². The zero-order valence-corrected chi connectivity index (χ0v) is 35.2. The van der Waals surface area contributed by atoms with Crippen LogP contribution in [0.2, 0.25) is 0 Å². The Labute approximate surface area is 323 Å². The summed E-state index contributed by atoms with van der Waals surface area (Å²) in [5, 5.41) is 0. The van der Waals surface area contributed by atoms with E-state index in [-0.39, 0.29) is 5.97 Å². The molecule has 0 fully saturated rings. The normalized spacial score (nSPS) is 11.3. The number of aryl methyl sites for hydroxylation is 1. The lowest BCUT2D eigenvalue weighted by Crippen LogP contribution is -2.18. The molecule has 4 heteroatoms. The Morgan fingerprint density at radius 2 is 0.692 bits per heavy atom. The van der Waals surface area contributed by atoms with Crippen LogP contribution in [0.5, 0.6) is 0 Å². The lowest BCUT2D eigenvalue weighted by molar-refractivity contribution is 0.0449. The highest BCUT2D eigenvalue weighted by Gasteiger charge is 2.24. The second kappa shape index (κ2) is 36.2. The number of hydrogen-bond donors (Lipinski definition) is 0. The van der Waals surface area contributed by atoms with E-state index in [1.807, 2.05) is 13.0 Å². The van der Waals surface area contributed by atoms with Gasteiger partial charge in [-0.15, -0.1) is 0 Å². The molecule has 0 aromatic heterocycles. The number of carbonyl (C=O) groups excluding carboxylic acids is 2.